The van der Waals surface area contributed by atoms with Gasteiger partial charge in [0, 0.05) is 38.0 Å². The zero-order chi connectivity index (χ0) is 94.2. The molecular weight excluding hydrogens is 1650 g/mol. The van der Waals surface area contributed by atoms with Gasteiger partial charge in [-0.3, -0.25) is 95.9 Å². The number of aliphatic hydroxyl groups excluding tert-OH is 3. The van der Waals surface area contributed by atoms with Crippen molar-refractivity contribution in [2.75, 3.05) is 25.4 Å². The Balaban J connectivity index is 3.50. The minimum atomic E-state index is -2.01. The summed E-state index contributed by atoms with van der Waals surface area (Å²) in [4.78, 5) is 281. The lowest BCUT2D eigenvalue weighted by Crippen LogP contribution is -2.62. The number of aliphatic carboxylic acids is 5. The van der Waals surface area contributed by atoms with E-state index < -0.39 is 315 Å². The number of carboxylic acid groups (broad SMARTS) is 5. The van der Waals surface area contributed by atoms with Crippen molar-refractivity contribution in [1.29, 1.82) is 0 Å². The topological polar surface area (TPSA) is 756 Å². The molecule has 696 valence electrons. The first-order valence-corrected chi connectivity index (χ1v) is 41.0. The van der Waals surface area contributed by atoms with E-state index in [0.29, 0.717) is 12.8 Å². The van der Waals surface area contributed by atoms with Crippen molar-refractivity contribution in [2.24, 2.45) is 29.2 Å². The highest BCUT2D eigenvalue weighted by Gasteiger charge is 2.44. The molecule has 0 aromatic rings. The summed E-state index contributed by atoms with van der Waals surface area (Å²) in [6.45, 7) is 16.4. The minimum absolute atomic E-state index is 0.00500. The maximum absolute atomic E-state index is 14.8. The van der Waals surface area contributed by atoms with Crippen LogP contribution in [0.5, 0.6) is 0 Å². The van der Waals surface area contributed by atoms with Gasteiger partial charge < -0.3 is 137 Å². The number of nitrogens with one attached hydrogen (secondary N) is 15. The summed E-state index contributed by atoms with van der Waals surface area (Å²) in [6, 6.07) is -26.2. The summed E-state index contributed by atoms with van der Waals surface area (Å²) in [5, 5.41) is 115. The first kappa shape index (κ1) is 110. The third kappa shape index (κ3) is 39.8. The highest BCUT2D eigenvalue weighted by atomic mass is 32.1. The predicted octanol–water partition coefficient (Wildman–Crippen LogP) is -7.85. The number of likely N-dealkylation sites (tertiary alicyclic amines) is 1. The molecule has 0 saturated carbocycles. The maximum Gasteiger partial charge on any atom is 0.327 e. The number of nitrogens with zero attached hydrogens (tertiary/aromatic N) is 1. The van der Waals surface area contributed by atoms with Crippen LogP contribution in [-0.2, 0) is 101 Å². The molecule has 0 bridgehead atoms. The molecule has 20 atom stereocenters. The largest absolute Gasteiger partial charge is 0.481 e. The van der Waals surface area contributed by atoms with Crippen LogP contribution in [0.3, 0.4) is 0 Å². The Labute approximate surface area is 715 Å². The van der Waals surface area contributed by atoms with Crippen LogP contribution in [0.15, 0.2) is 0 Å². The van der Waals surface area contributed by atoms with Gasteiger partial charge in [-0.25, -0.2) is 4.79 Å². The molecule has 1 aliphatic heterocycles. The van der Waals surface area contributed by atoms with E-state index in [1.54, 1.807) is 41.5 Å². The number of aliphatic hydroxyl groups is 3. The van der Waals surface area contributed by atoms with Gasteiger partial charge >= 0.3 is 29.8 Å². The lowest BCUT2D eigenvalue weighted by Gasteiger charge is -2.33. The van der Waals surface area contributed by atoms with Gasteiger partial charge in [0.05, 0.1) is 24.9 Å². The number of hydrogen-bond donors (Lipinski definition) is 26. The summed E-state index contributed by atoms with van der Waals surface area (Å²) in [5.41, 5.74) is 11.0. The SMILES string of the molecule is CC[C@H](C)[C@H](NC(=O)[C@H](C)NC(=O)[C@H](CCC(=O)O)NC(=O)[C@@H](NC(=O)[C@H](CC(C)C)NC(=O)[C@H](C)NC(=O)[C@H](CCCCN)NC(=O)[C@@H](NC(=O)CN)[C@@H](C)O)[C@@H](C)O)C(=O)N1CCC[C@H]1C(=O)N[C@@H](CC(C)C)C(=O)N[C@H](C(=O)N[C@@H](CCC(=O)O)C(=O)N[C@@H](CCC(=O)O)C(=O)N[C@@H](C)C(=O)N[C@@H](CCC(=O)O)C(=O)N[C@@H](CS)C(=O)O)[C@@H](C)O. The molecule has 0 radical (unpaired) electrons. The smallest absolute Gasteiger partial charge is 0.327 e. The fourth-order valence-corrected chi connectivity index (χ4v) is 12.5. The predicted molar refractivity (Wildman–Crippen MR) is 435 cm³/mol. The second-order valence-corrected chi connectivity index (χ2v) is 31.3. The van der Waals surface area contributed by atoms with Crippen molar-refractivity contribution >= 4 is 137 Å². The van der Waals surface area contributed by atoms with Gasteiger partial charge in [-0.1, -0.05) is 48.0 Å². The Bertz CT molecular complexity index is 3690. The molecule has 1 aliphatic rings. The second kappa shape index (κ2) is 55.2. The molecule has 0 unspecified atom stereocenters. The van der Waals surface area contributed by atoms with E-state index in [2.05, 4.69) is 92.4 Å². The highest BCUT2D eigenvalue weighted by Crippen LogP contribution is 2.23. The number of amides is 16. The number of rotatable bonds is 58. The van der Waals surface area contributed by atoms with Crippen LogP contribution in [0.1, 0.15) is 186 Å². The standard InChI is InChI=1S/C75H126N18O29S/c1-13-35(6)56(90-62(108)38(9)80-65(111)44(20-24-53(100)101)84-72(118)58(40(11)95)91-68(114)47(29-33(2)3)86-61(107)37(8)78-63(109)42(17-14-15-27-76)83-71(117)57(39(10)94)89-51(97)31-77)74(120)93-28-16-18-50(93)70(116)87-48(30-34(4)5)69(115)92-59(41(12)96)73(119)85-46(22-26-55(104)105)66(112)82-43(19-23-52(98)99)64(110)79-36(7)60(106)81-45(21-25-54(102)103)67(113)88-49(32-123)75(121)122/h33-50,56-59,94-96,123H,13-32,76-77H2,1-12H3,(H,78,109)(H,79,110)(H,80,111)(H,81,106)(H,82,112)(H,83,117)(H,84,118)(H,85,119)(H,86,107)(H,87,116)(H,88,113)(H,89,97)(H,90,108)(H,91,114)(H,92,115)(H,98,99)(H,100,101)(H,102,103)(H,104,105)(H,121,122)/t35-,36-,37-,38-,39+,40+,41+,42-,43-,44-,45-,46-,47-,48-,49-,50-,56-,57-,58-,59-/m0/s1. The van der Waals surface area contributed by atoms with Crippen molar-refractivity contribution < 1.29 is 142 Å². The Morgan fingerprint density at radius 2 is 0.667 bits per heavy atom. The van der Waals surface area contributed by atoms with Crippen LogP contribution in [0.25, 0.3) is 0 Å². The van der Waals surface area contributed by atoms with Crippen molar-refractivity contribution in [1.82, 2.24) is 84.7 Å². The third-order valence-electron chi connectivity index (χ3n) is 19.4. The number of thiol groups is 1. The molecule has 0 aliphatic carbocycles. The van der Waals surface area contributed by atoms with Crippen LogP contribution >= 0.6 is 12.6 Å². The zero-order valence-electron chi connectivity index (χ0n) is 71.0. The van der Waals surface area contributed by atoms with Crippen LogP contribution in [-0.4, -0.2) is 310 Å². The molecule has 1 rings (SSSR count). The quantitative estimate of drug-likeness (QED) is 0.0199. The van der Waals surface area contributed by atoms with Crippen molar-refractivity contribution in [3.05, 3.63) is 0 Å². The molecule has 47 nitrogen and oxygen atoms in total. The Morgan fingerprint density at radius 1 is 0.366 bits per heavy atom. The minimum Gasteiger partial charge on any atom is -0.481 e. The number of carbonyl (C=O) groups is 21. The van der Waals surface area contributed by atoms with E-state index >= 15 is 0 Å². The molecular formula is C75H126N18O29S. The Kier molecular flexibility index (Phi) is 49.4. The molecule has 1 saturated heterocycles. The van der Waals surface area contributed by atoms with E-state index in [1.165, 1.54) is 20.8 Å². The summed E-state index contributed by atoms with van der Waals surface area (Å²) >= 11 is 3.85. The molecule has 0 aromatic heterocycles. The van der Waals surface area contributed by atoms with Crippen molar-refractivity contribution in [2.45, 2.75) is 301 Å². The average Bonchev–Trinajstić information content (AvgIpc) is 1.71. The molecule has 1 heterocycles. The molecule has 1 fully saturated rings. The second-order valence-electron chi connectivity index (χ2n) is 31.0. The van der Waals surface area contributed by atoms with Gasteiger partial charge in [0.1, 0.15) is 96.7 Å². The molecule has 0 aromatic carbocycles. The van der Waals surface area contributed by atoms with Gasteiger partial charge in [0.25, 0.3) is 0 Å². The summed E-state index contributed by atoms with van der Waals surface area (Å²) in [5.74, 6) is -26.4. The first-order chi connectivity index (χ1) is 57.4. The fourth-order valence-electron chi connectivity index (χ4n) is 12.2. The Morgan fingerprint density at radius 3 is 0.992 bits per heavy atom. The summed E-state index contributed by atoms with van der Waals surface area (Å²) in [7, 11) is 0. The van der Waals surface area contributed by atoms with E-state index in [4.69, 9.17) is 11.5 Å². The van der Waals surface area contributed by atoms with E-state index in [1.807, 2.05) is 0 Å². The van der Waals surface area contributed by atoms with Gasteiger partial charge in [-0.2, -0.15) is 12.6 Å². The lowest BCUT2D eigenvalue weighted by atomic mass is 9.96. The number of unbranched alkanes of at least 4 members (excludes halogenated alkanes) is 1. The third-order valence-corrected chi connectivity index (χ3v) is 19.8. The maximum atomic E-state index is 14.8. The zero-order valence-corrected chi connectivity index (χ0v) is 71.9. The van der Waals surface area contributed by atoms with Gasteiger partial charge in [-0.05, 0) is 136 Å². The van der Waals surface area contributed by atoms with Crippen LogP contribution in [0.4, 0.5) is 0 Å². The van der Waals surface area contributed by atoms with Crippen molar-refractivity contribution in [3.8, 4) is 0 Å². The van der Waals surface area contributed by atoms with Gasteiger partial charge in [0.2, 0.25) is 94.5 Å². The van der Waals surface area contributed by atoms with Crippen LogP contribution < -0.4 is 91.2 Å². The molecule has 123 heavy (non-hydrogen) atoms. The monoisotopic (exact) mass is 1770 g/mol. The number of carboxylic acids is 5. The number of carbonyl (C=O) groups excluding carboxylic acids is 16. The highest BCUT2D eigenvalue weighted by molar-refractivity contribution is 7.80. The van der Waals surface area contributed by atoms with Gasteiger partial charge in [0.15, 0.2) is 0 Å². The van der Waals surface area contributed by atoms with E-state index in [-0.39, 0.29) is 57.5 Å². The summed E-state index contributed by atoms with van der Waals surface area (Å²) in [6.07, 6.45) is -10.0. The van der Waals surface area contributed by atoms with E-state index in [9.17, 15) is 142 Å². The van der Waals surface area contributed by atoms with E-state index in [0.717, 1.165) is 25.7 Å². The number of hydrogen-bond acceptors (Lipinski definition) is 27. The molecule has 48 heteroatoms. The van der Waals surface area contributed by atoms with Crippen LogP contribution in [0, 0.1) is 17.8 Å². The lowest BCUT2D eigenvalue weighted by molar-refractivity contribution is -0.144. The normalized spacial score (nSPS) is 17.1. The molecule has 27 N–H and O–H groups in total. The summed E-state index contributed by atoms with van der Waals surface area (Å²) < 4.78 is 0. The number of nitrogens with two attached hydrogens (primary N) is 2. The van der Waals surface area contributed by atoms with Crippen LogP contribution in [0.2, 0.25) is 0 Å². The van der Waals surface area contributed by atoms with Gasteiger partial charge in [-0.15, -0.1) is 0 Å². The van der Waals surface area contributed by atoms with Crippen molar-refractivity contribution in [3.63, 3.8) is 0 Å². The average molecular weight is 1780 g/mol. The molecule has 0 spiro atoms. The Hall–Kier alpha value is -11.0. The molecule has 16 amide bonds. The fraction of sp³-hybridized carbons (Fsp3) is 0.720. The first-order valence-electron chi connectivity index (χ1n) is 40.4.